The Morgan fingerprint density at radius 2 is 1.97 bits per heavy atom. The van der Waals surface area contributed by atoms with Crippen LogP contribution in [-0.2, 0) is 16.1 Å². The molecule has 1 aliphatic heterocycles. The minimum absolute atomic E-state index is 0.0401. The lowest BCUT2D eigenvalue weighted by Gasteiger charge is -2.17. The number of amides is 2. The fraction of sp³-hybridized carbons (Fsp3) is 0.304. The van der Waals surface area contributed by atoms with Crippen molar-refractivity contribution >= 4 is 48.1 Å². The van der Waals surface area contributed by atoms with Gasteiger partial charge in [0.1, 0.15) is 11.5 Å². The van der Waals surface area contributed by atoms with Crippen LogP contribution in [0.25, 0.3) is 0 Å². The molecule has 0 saturated carbocycles. The number of carbonyl (C=O) groups excluding carboxylic acids is 4. The largest absolute Gasteiger partial charge is 0.506 e. The number of phenols is 1. The summed E-state index contributed by atoms with van der Waals surface area (Å²) < 4.78 is 12.6. The average molecular weight is 505 g/mol. The summed E-state index contributed by atoms with van der Waals surface area (Å²) >= 11 is 5.01. The maximum Gasteiger partial charge on any atom is 0.344 e. The second-order valence-electron chi connectivity index (χ2n) is 7.21. The van der Waals surface area contributed by atoms with Gasteiger partial charge in [0.15, 0.2) is 12.4 Å². The van der Waals surface area contributed by atoms with Crippen LogP contribution in [0.4, 0.5) is 0 Å². The number of esters is 1. The van der Waals surface area contributed by atoms with Crippen molar-refractivity contribution in [2.24, 2.45) is 0 Å². The number of aromatic hydroxyl groups is 1. The predicted molar refractivity (Wildman–Crippen MR) is 129 cm³/mol. The number of carbonyl (C=O) groups is 4. The first kappa shape index (κ1) is 25.4. The molecule has 0 saturated heterocycles. The van der Waals surface area contributed by atoms with E-state index in [0.29, 0.717) is 27.3 Å². The van der Waals surface area contributed by atoms with Gasteiger partial charge in [-0.1, -0.05) is 19.7 Å². The molecule has 1 aliphatic rings. The van der Waals surface area contributed by atoms with Gasteiger partial charge in [0.2, 0.25) is 0 Å². The molecule has 2 N–H and O–H groups in total. The Morgan fingerprint density at radius 1 is 1.21 bits per heavy atom. The van der Waals surface area contributed by atoms with Crippen LogP contribution >= 0.6 is 24.6 Å². The van der Waals surface area contributed by atoms with E-state index in [1.54, 1.807) is 19.1 Å². The fourth-order valence-corrected chi connectivity index (χ4v) is 4.42. The summed E-state index contributed by atoms with van der Waals surface area (Å²) in [7, 11) is 0. The number of ketones is 1. The molecule has 0 radical (unpaired) electrons. The first-order valence-electron chi connectivity index (χ1n) is 10.5. The van der Waals surface area contributed by atoms with Crippen LogP contribution in [0.1, 0.15) is 50.5 Å². The Bertz CT molecular complexity index is 1140. The number of thiol groups is 1. The van der Waals surface area contributed by atoms with Crippen molar-refractivity contribution in [2.45, 2.75) is 25.3 Å². The zero-order valence-corrected chi connectivity index (χ0v) is 20.3. The third-order valence-corrected chi connectivity index (χ3v) is 6.19. The van der Waals surface area contributed by atoms with Gasteiger partial charge in [-0.15, -0.1) is 11.8 Å². The molecule has 0 aromatic heterocycles. The molecule has 1 heterocycles. The smallest absolute Gasteiger partial charge is 0.344 e. The molecule has 11 heteroatoms. The second kappa shape index (κ2) is 11.3. The number of hydrogen-bond acceptors (Lipinski definition) is 9. The van der Waals surface area contributed by atoms with Crippen molar-refractivity contribution in [2.75, 3.05) is 25.5 Å². The molecule has 0 spiro atoms. The number of nitrogens with zero attached hydrogens (tertiary/aromatic N) is 1. The lowest BCUT2D eigenvalue weighted by molar-refractivity contribution is -0.145. The molecule has 0 aliphatic carbocycles. The standard InChI is InChI=1S/C23H24N2O7S2/c1-3-31-19(27)12-32-18-8-7-16(20(28)21(18)34-4-2)17(26)11-25-10-14-9-13(22(29)24-33)5-6-15(14)23(25)30/h5-9,28,33H,3-4,10-12H2,1-2H3,(H,24,29). The van der Waals surface area contributed by atoms with Gasteiger partial charge < -0.3 is 19.5 Å². The van der Waals surface area contributed by atoms with Gasteiger partial charge in [-0.05, 0) is 48.6 Å². The Labute approximate surface area is 206 Å². The van der Waals surface area contributed by atoms with Gasteiger partial charge in [-0.25, -0.2) is 4.79 Å². The normalized spacial score (nSPS) is 12.3. The van der Waals surface area contributed by atoms with E-state index >= 15 is 0 Å². The first-order chi connectivity index (χ1) is 16.3. The number of nitrogens with one attached hydrogen (secondary N) is 1. The number of rotatable bonds is 10. The van der Waals surface area contributed by atoms with Crippen molar-refractivity contribution in [1.82, 2.24) is 9.62 Å². The highest BCUT2D eigenvalue weighted by Crippen LogP contribution is 2.40. The monoisotopic (exact) mass is 504 g/mol. The van der Waals surface area contributed by atoms with Gasteiger partial charge in [0.25, 0.3) is 11.8 Å². The third kappa shape index (κ3) is 5.48. The molecule has 34 heavy (non-hydrogen) atoms. The Morgan fingerprint density at radius 3 is 2.65 bits per heavy atom. The third-order valence-electron chi connectivity index (χ3n) is 5.02. The molecule has 2 aromatic carbocycles. The number of fused-ring (bicyclic) bond motifs is 1. The minimum atomic E-state index is -0.545. The Kier molecular flexibility index (Phi) is 8.46. The number of phenolic OH excluding ortho intramolecular Hbond substituents is 1. The summed E-state index contributed by atoms with van der Waals surface area (Å²) in [5.41, 5.74) is 1.43. The predicted octanol–water partition coefficient (Wildman–Crippen LogP) is 2.86. The molecular formula is C23H24N2O7S2. The first-order valence-corrected chi connectivity index (χ1v) is 11.9. The number of Topliss-reactive ketones (excluding diaryl/α,β-unsaturated/α-hetero) is 1. The van der Waals surface area contributed by atoms with Crippen LogP contribution in [0.5, 0.6) is 11.5 Å². The summed E-state index contributed by atoms with van der Waals surface area (Å²) in [5.74, 6) is -1.16. The maximum atomic E-state index is 13.0. The fourth-order valence-electron chi connectivity index (χ4n) is 3.49. The Hall–Kier alpha value is -3.18. The molecule has 0 atom stereocenters. The Balaban J connectivity index is 1.77. The highest BCUT2D eigenvalue weighted by Gasteiger charge is 2.31. The van der Waals surface area contributed by atoms with E-state index in [4.69, 9.17) is 9.47 Å². The van der Waals surface area contributed by atoms with E-state index in [-0.39, 0.29) is 49.3 Å². The van der Waals surface area contributed by atoms with E-state index in [0.717, 1.165) is 0 Å². The highest BCUT2D eigenvalue weighted by molar-refractivity contribution is 7.99. The van der Waals surface area contributed by atoms with Crippen molar-refractivity contribution in [1.29, 1.82) is 0 Å². The zero-order chi connectivity index (χ0) is 24.8. The molecule has 180 valence electrons. The van der Waals surface area contributed by atoms with E-state index < -0.39 is 17.7 Å². The van der Waals surface area contributed by atoms with Crippen LogP contribution < -0.4 is 9.46 Å². The lowest BCUT2D eigenvalue weighted by atomic mass is 10.1. The van der Waals surface area contributed by atoms with Gasteiger partial charge in [0.05, 0.1) is 23.6 Å². The summed E-state index contributed by atoms with van der Waals surface area (Å²) in [4.78, 5) is 50.8. The molecule has 3 rings (SSSR count). The topological polar surface area (TPSA) is 122 Å². The lowest BCUT2D eigenvalue weighted by Crippen LogP contribution is -2.30. The van der Waals surface area contributed by atoms with E-state index in [9.17, 15) is 24.3 Å². The van der Waals surface area contributed by atoms with Crippen LogP contribution in [0, 0.1) is 0 Å². The molecule has 0 fully saturated rings. The molecule has 9 nitrogen and oxygen atoms in total. The van der Waals surface area contributed by atoms with E-state index in [1.807, 2.05) is 6.92 Å². The number of ether oxygens (including phenoxy) is 2. The van der Waals surface area contributed by atoms with Crippen molar-refractivity contribution < 1.29 is 33.8 Å². The van der Waals surface area contributed by atoms with E-state index in [1.165, 1.54) is 34.9 Å². The summed E-state index contributed by atoms with van der Waals surface area (Å²) in [6, 6.07) is 7.56. The van der Waals surface area contributed by atoms with Gasteiger partial charge in [-0.3, -0.25) is 19.1 Å². The van der Waals surface area contributed by atoms with E-state index in [2.05, 4.69) is 17.5 Å². The van der Waals surface area contributed by atoms with Crippen molar-refractivity contribution in [3.8, 4) is 11.5 Å². The highest BCUT2D eigenvalue weighted by atomic mass is 32.2. The molecule has 0 unspecified atom stereocenters. The number of thioether (sulfide) groups is 1. The van der Waals surface area contributed by atoms with Crippen LogP contribution in [0.15, 0.2) is 35.2 Å². The number of benzene rings is 2. The molecule has 0 bridgehead atoms. The zero-order valence-electron chi connectivity index (χ0n) is 18.6. The van der Waals surface area contributed by atoms with Crippen LogP contribution in [0.2, 0.25) is 0 Å². The maximum absolute atomic E-state index is 13.0. The van der Waals surface area contributed by atoms with Crippen LogP contribution in [-0.4, -0.2) is 59.1 Å². The van der Waals surface area contributed by atoms with Gasteiger partial charge >= 0.3 is 5.97 Å². The SMILES string of the molecule is CCOC(=O)COc1ccc(C(=O)CN2Cc3cc(C(=O)NS)ccc3C2=O)c(O)c1SCC. The van der Waals surface area contributed by atoms with Crippen molar-refractivity contribution in [3.63, 3.8) is 0 Å². The van der Waals surface area contributed by atoms with Crippen molar-refractivity contribution in [3.05, 3.63) is 52.6 Å². The molecular weight excluding hydrogens is 480 g/mol. The minimum Gasteiger partial charge on any atom is -0.506 e. The average Bonchev–Trinajstić information content (AvgIpc) is 3.13. The quantitative estimate of drug-likeness (QED) is 0.195. The second-order valence-corrected chi connectivity index (χ2v) is 8.71. The van der Waals surface area contributed by atoms with Crippen LogP contribution in [0.3, 0.4) is 0 Å². The summed E-state index contributed by atoms with van der Waals surface area (Å²) in [6.45, 7) is 3.35. The molecule has 2 aromatic rings. The summed E-state index contributed by atoms with van der Waals surface area (Å²) in [6.07, 6.45) is 0. The molecule has 2 amide bonds. The van der Waals surface area contributed by atoms with Gasteiger partial charge in [0, 0.05) is 17.7 Å². The van der Waals surface area contributed by atoms with Gasteiger partial charge in [-0.2, -0.15) is 0 Å². The summed E-state index contributed by atoms with van der Waals surface area (Å²) in [5, 5.41) is 10.8. The number of hydrogen-bond donors (Lipinski definition) is 3.